The number of carbonyl (C=O) groups excluding carboxylic acids is 1. The van der Waals surface area contributed by atoms with Gasteiger partial charge in [-0.15, -0.1) is 0 Å². The van der Waals surface area contributed by atoms with Gasteiger partial charge >= 0.3 is 0 Å². The van der Waals surface area contributed by atoms with Gasteiger partial charge in [-0.05, 0) is 68.0 Å². The van der Waals surface area contributed by atoms with Crippen LogP contribution in [0, 0.1) is 13.8 Å². The summed E-state index contributed by atoms with van der Waals surface area (Å²) in [5.74, 6) is 1.07. The number of carbonyl (C=O) groups is 1. The number of hydrogen-bond donors (Lipinski definition) is 0. The Hall–Kier alpha value is -2.40. The summed E-state index contributed by atoms with van der Waals surface area (Å²) in [6.45, 7) is 13.3. The molecule has 1 aromatic heterocycles. The van der Waals surface area contributed by atoms with E-state index in [2.05, 4.69) is 56.6 Å². The lowest BCUT2D eigenvalue weighted by Gasteiger charge is -2.48. The minimum absolute atomic E-state index is 0.0117. The Morgan fingerprint density at radius 3 is 2.50 bits per heavy atom. The number of ether oxygens (including phenoxy) is 1. The Bertz CT molecular complexity index is 978. The number of fused-ring (bicyclic) bond motifs is 1. The molecule has 0 radical (unpaired) electrons. The van der Waals surface area contributed by atoms with Crippen molar-refractivity contribution in [3.05, 3.63) is 58.4 Å². The molecule has 2 atom stereocenters. The van der Waals surface area contributed by atoms with Crippen molar-refractivity contribution in [2.45, 2.75) is 71.4 Å². The summed E-state index contributed by atoms with van der Waals surface area (Å²) in [5.41, 5.74) is 5.67. The summed E-state index contributed by atoms with van der Waals surface area (Å²) < 4.78 is 5.52. The highest BCUT2D eigenvalue weighted by atomic mass is 16.5. The average molecular weight is 436 g/mol. The Balaban J connectivity index is 1.49. The van der Waals surface area contributed by atoms with Crippen LogP contribution in [-0.2, 0) is 5.41 Å². The van der Waals surface area contributed by atoms with Gasteiger partial charge in [0.25, 0.3) is 5.91 Å². The number of methoxy groups -OCH3 is 1. The Morgan fingerprint density at radius 1 is 1.06 bits per heavy atom. The van der Waals surface area contributed by atoms with Crippen LogP contribution in [0.1, 0.15) is 78.8 Å². The monoisotopic (exact) mass is 435 g/mol. The highest BCUT2D eigenvalue weighted by Crippen LogP contribution is 2.39. The third-order valence-electron chi connectivity index (χ3n) is 7.37. The molecule has 2 saturated heterocycles. The Kier molecular flexibility index (Phi) is 6.30. The van der Waals surface area contributed by atoms with Crippen LogP contribution in [0.15, 0.2) is 30.5 Å². The zero-order valence-corrected chi connectivity index (χ0v) is 20.4. The fourth-order valence-electron chi connectivity index (χ4n) is 5.31. The van der Waals surface area contributed by atoms with Crippen LogP contribution in [0.3, 0.4) is 0 Å². The zero-order valence-electron chi connectivity index (χ0n) is 20.4. The molecule has 2 aromatic rings. The van der Waals surface area contributed by atoms with E-state index >= 15 is 0 Å². The summed E-state index contributed by atoms with van der Waals surface area (Å²) in [4.78, 5) is 22.4. The van der Waals surface area contributed by atoms with Gasteiger partial charge in [-0.1, -0.05) is 26.8 Å². The molecule has 5 nitrogen and oxygen atoms in total. The number of piperazine rings is 1. The molecule has 3 heterocycles. The first-order valence-electron chi connectivity index (χ1n) is 11.9. The standard InChI is InChI=1S/C27H37N3O2/c1-18-19(2)24(32-6)12-11-22(18)23-9-7-8-21-17-29(14-15-30(21)23)26(31)20-10-13-25(28-16-20)27(3,4)5/h10-13,16,21,23H,7-9,14-15,17H2,1-6H3. The van der Waals surface area contributed by atoms with E-state index in [-0.39, 0.29) is 11.3 Å². The first kappa shape index (κ1) is 22.8. The molecule has 0 spiro atoms. The molecule has 2 fully saturated rings. The van der Waals surface area contributed by atoms with Crippen molar-refractivity contribution < 1.29 is 9.53 Å². The normalized spacial score (nSPS) is 21.9. The van der Waals surface area contributed by atoms with E-state index < -0.39 is 0 Å². The van der Waals surface area contributed by atoms with Crippen molar-refractivity contribution in [1.82, 2.24) is 14.8 Å². The summed E-state index contributed by atoms with van der Waals surface area (Å²) >= 11 is 0. The van der Waals surface area contributed by atoms with E-state index in [0.29, 0.717) is 17.6 Å². The third kappa shape index (κ3) is 4.27. The molecule has 0 bridgehead atoms. The zero-order chi connectivity index (χ0) is 23.0. The van der Waals surface area contributed by atoms with Crippen molar-refractivity contribution in [2.24, 2.45) is 0 Å². The maximum Gasteiger partial charge on any atom is 0.255 e. The van der Waals surface area contributed by atoms with Gasteiger partial charge in [-0.25, -0.2) is 0 Å². The second kappa shape index (κ2) is 8.86. The first-order chi connectivity index (χ1) is 15.2. The van der Waals surface area contributed by atoms with Crippen LogP contribution < -0.4 is 4.74 Å². The second-order valence-corrected chi connectivity index (χ2v) is 10.4. The largest absolute Gasteiger partial charge is 0.496 e. The van der Waals surface area contributed by atoms with E-state index in [4.69, 9.17) is 4.74 Å². The summed E-state index contributed by atoms with van der Waals surface area (Å²) in [6, 6.07) is 9.12. The maximum atomic E-state index is 13.2. The Morgan fingerprint density at radius 2 is 1.84 bits per heavy atom. The van der Waals surface area contributed by atoms with E-state index in [1.54, 1.807) is 13.3 Å². The number of rotatable bonds is 3. The second-order valence-electron chi connectivity index (χ2n) is 10.4. The predicted molar refractivity (Wildman–Crippen MR) is 128 cm³/mol. The van der Waals surface area contributed by atoms with E-state index in [1.807, 2.05) is 17.0 Å². The molecule has 0 saturated carbocycles. The molecule has 1 amide bonds. The fourth-order valence-corrected chi connectivity index (χ4v) is 5.31. The number of pyridine rings is 1. The lowest BCUT2D eigenvalue weighted by molar-refractivity contribution is 0.0101. The van der Waals surface area contributed by atoms with Crippen LogP contribution >= 0.6 is 0 Å². The molecule has 32 heavy (non-hydrogen) atoms. The van der Waals surface area contributed by atoms with Crippen LogP contribution in [0.4, 0.5) is 0 Å². The van der Waals surface area contributed by atoms with E-state index in [9.17, 15) is 4.79 Å². The molecule has 2 aliphatic rings. The lowest BCUT2D eigenvalue weighted by Crippen LogP contribution is -2.57. The number of aromatic nitrogens is 1. The summed E-state index contributed by atoms with van der Waals surface area (Å²) in [6.07, 6.45) is 5.27. The minimum atomic E-state index is -0.0117. The molecule has 1 aromatic carbocycles. The first-order valence-corrected chi connectivity index (χ1v) is 11.9. The maximum absolute atomic E-state index is 13.2. The van der Waals surface area contributed by atoms with Gasteiger partial charge in [0.05, 0.1) is 12.7 Å². The van der Waals surface area contributed by atoms with Crippen molar-refractivity contribution in [3.63, 3.8) is 0 Å². The predicted octanol–water partition coefficient (Wildman–Crippen LogP) is 5.06. The number of benzene rings is 1. The van der Waals surface area contributed by atoms with Gasteiger partial charge in [0, 0.05) is 49.0 Å². The highest BCUT2D eigenvalue weighted by Gasteiger charge is 2.37. The van der Waals surface area contributed by atoms with Gasteiger partial charge in [0.15, 0.2) is 0 Å². The number of amides is 1. The van der Waals surface area contributed by atoms with Crippen LogP contribution in [-0.4, -0.2) is 53.5 Å². The van der Waals surface area contributed by atoms with E-state index in [0.717, 1.165) is 37.5 Å². The van der Waals surface area contributed by atoms with Gasteiger partial charge in [0.1, 0.15) is 5.75 Å². The van der Waals surface area contributed by atoms with Crippen molar-refractivity contribution in [3.8, 4) is 5.75 Å². The van der Waals surface area contributed by atoms with Crippen molar-refractivity contribution >= 4 is 5.91 Å². The molecular formula is C27H37N3O2. The number of piperidine rings is 1. The smallest absolute Gasteiger partial charge is 0.255 e. The van der Waals surface area contributed by atoms with Crippen LogP contribution in [0.25, 0.3) is 0 Å². The number of hydrogen-bond acceptors (Lipinski definition) is 4. The molecule has 0 N–H and O–H groups in total. The third-order valence-corrected chi connectivity index (χ3v) is 7.37. The van der Waals surface area contributed by atoms with Crippen LogP contribution in [0.2, 0.25) is 0 Å². The minimum Gasteiger partial charge on any atom is -0.496 e. The molecule has 4 rings (SSSR count). The highest BCUT2D eigenvalue weighted by molar-refractivity contribution is 5.94. The SMILES string of the molecule is COc1ccc(C2CCCC3CN(C(=O)c4ccc(C(C)(C)C)nc4)CCN32)c(C)c1C. The van der Waals surface area contributed by atoms with Gasteiger partial charge in [-0.2, -0.15) is 0 Å². The number of nitrogens with zero attached hydrogens (tertiary/aromatic N) is 3. The van der Waals surface area contributed by atoms with Gasteiger partial charge < -0.3 is 9.64 Å². The van der Waals surface area contributed by atoms with Crippen molar-refractivity contribution in [1.29, 1.82) is 0 Å². The lowest BCUT2D eigenvalue weighted by atomic mass is 9.86. The quantitative estimate of drug-likeness (QED) is 0.676. The molecule has 2 unspecified atom stereocenters. The van der Waals surface area contributed by atoms with Crippen LogP contribution in [0.5, 0.6) is 5.75 Å². The average Bonchev–Trinajstić information content (AvgIpc) is 2.79. The Labute approximate surface area is 192 Å². The van der Waals surface area contributed by atoms with Gasteiger partial charge in [-0.3, -0.25) is 14.7 Å². The molecule has 5 heteroatoms. The molecule has 0 aliphatic carbocycles. The van der Waals surface area contributed by atoms with Crippen molar-refractivity contribution in [2.75, 3.05) is 26.7 Å². The topological polar surface area (TPSA) is 45.7 Å². The van der Waals surface area contributed by atoms with Gasteiger partial charge in [0.2, 0.25) is 0 Å². The summed E-state index contributed by atoms with van der Waals surface area (Å²) in [7, 11) is 1.74. The molecular weight excluding hydrogens is 398 g/mol. The van der Waals surface area contributed by atoms with E-state index in [1.165, 1.54) is 29.5 Å². The molecule has 2 aliphatic heterocycles. The molecule has 172 valence electrons. The summed E-state index contributed by atoms with van der Waals surface area (Å²) in [5, 5.41) is 0. The fraction of sp³-hybridized carbons (Fsp3) is 0.556.